The van der Waals surface area contributed by atoms with Gasteiger partial charge in [0.15, 0.2) is 0 Å². The number of amides is 1. The summed E-state index contributed by atoms with van der Waals surface area (Å²) in [4.78, 5) is 20.5. The largest absolute Gasteiger partial charge is 0.491 e. The first-order chi connectivity index (χ1) is 14.3. The smallest absolute Gasteiger partial charge is 0.321 e. The molecule has 0 saturated carbocycles. The molecule has 7 nitrogen and oxygen atoms in total. The SMILES string of the molecule is O=C(Nc1ccc(Oc2ncccn2)cc1)c1ccc(OC[C@@H]2CCCO2)cc1. The van der Waals surface area contributed by atoms with E-state index in [2.05, 4.69) is 15.3 Å². The van der Waals surface area contributed by atoms with Crippen molar-refractivity contribution in [3.8, 4) is 17.5 Å². The Bertz CT molecular complexity index is 925. The number of nitrogens with one attached hydrogen (secondary N) is 1. The van der Waals surface area contributed by atoms with Gasteiger partial charge >= 0.3 is 6.01 Å². The predicted molar refractivity (Wildman–Crippen MR) is 107 cm³/mol. The average Bonchev–Trinajstić information content (AvgIpc) is 3.28. The summed E-state index contributed by atoms with van der Waals surface area (Å²) in [5, 5.41) is 2.86. The Kier molecular flexibility index (Phi) is 5.97. The summed E-state index contributed by atoms with van der Waals surface area (Å²) in [5.41, 5.74) is 1.21. The molecular formula is C22H21N3O4. The van der Waals surface area contributed by atoms with Crippen LogP contribution in [0, 0.1) is 0 Å². The van der Waals surface area contributed by atoms with Crippen LogP contribution in [-0.4, -0.2) is 35.2 Å². The van der Waals surface area contributed by atoms with Crippen molar-refractivity contribution in [3.63, 3.8) is 0 Å². The number of hydrogen-bond acceptors (Lipinski definition) is 6. The number of hydrogen-bond donors (Lipinski definition) is 1. The minimum atomic E-state index is -0.198. The maximum absolute atomic E-state index is 12.4. The van der Waals surface area contributed by atoms with Crippen LogP contribution in [0.15, 0.2) is 67.0 Å². The van der Waals surface area contributed by atoms with E-state index in [0.29, 0.717) is 23.6 Å². The molecule has 1 aromatic heterocycles. The van der Waals surface area contributed by atoms with E-state index in [-0.39, 0.29) is 18.0 Å². The van der Waals surface area contributed by atoms with Gasteiger partial charge in [-0.25, -0.2) is 9.97 Å². The molecule has 0 aliphatic carbocycles. The molecule has 29 heavy (non-hydrogen) atoms. The highest BCUT2D eigenvalue weighted by Gasteiger charge is 2.16. The Morgan fingerprint density at radius 1 is 1.03 bits per heavy atom. The van der Waals surface area contributed by atoms with Crippen LogP contribution < -0.4 is 14.8 Å². The van der Waals surface area contributed by atoms with Crippen molar-refractivity contribution >= 4 is 11.6 Å². The van der Waals surface area contributed by atoms with E-state index >= 15 is 0 Å². The molecule has 7 heteroatoms. The molecule has 4 rings (SSSR count). The highest BCUT2D eigenvalue weighted by Crippen LogP contribution is 2.21. The van der Waals surface area contributed by atoms with Gasteiger partial charge in [0.2, 0.25) is 0 Å². The third-order valence-electron chi connectivity index (χ3n) is 4.44. The second-order valence-electron chi connectivity index (χ2n) is 6.58. The summed E-state index contributed by atoms with van der Waals surface area (Å²) >= 11 is 0. The van der Waals surface area contributed by atoms with Crippen molar-refractivity contribution in [2.45, 2.75) is 18.9 Å². The van der Waals surface area contributed by atoms with Crippen molar-refractivity contribution in [1.29, 1.82) is 0 Å². The third-order valence-corrected chi connectivity index (χ3v) is 4.44. The van der Waals surface area contributed by atoms with Crippen LogP contribution in [-0.2, 0) is 4.74 Å². The van der Waals surface area contributed by atoms with Gasteiger partial charge in [0.05, 0.1) is 6.10 Å². The number of carbonyl (C=O) groups is 1. The maximum atomic E-state index is 12.4. The standard InChI is InChI=1S/C22H21N3O4/c26-21(16-4-8-18(9-5-16)28-15-20-3-1-14-27-20)25-17-6-10-19(11-7-17)29-22-23-12-2-13-24-22/h2,4-13,20H,1,3,14-15H2,(H,25,26)/t20-/m0/s1. The van der Waals surface area contributed by atoms with Gasteiger partial charge in [-0.2, -0.15) is 0 Å². The lowest BCUT2D eigenvalue weighted by molar-refractivity contribution is 0.0679. The van der Waals surface area contributed by atoms with Gasteiger partial charge in [0.1, 0.15) is 18.1 Å². The molecule has 148 valence electrons. The first-order valence-electron chi connectivity index (χ1n) is 9.47. The van der Waals surface area contributed by atoms with E-state index in [1.54, 1.807) is 67.0 Å². The van der Waals surface area contributed by atoms with Gasteiger partial charge < -0.3 is 19.5 Å². The Morgan fingerprint density at radius 3 is 2.45 bits per heavy atom. The minimum Gasteiger partial charge on any atom is -0.491 e. The van der Waals surface area contributed by atoms with Gasteiger partial charge in [0, 0.05) is 30.3 Å². The van der Waals surface area contributed by atoms with Gasteiger partial charge in [-0.1, -0.05) is 0 Å². The fourth-order valence-electron chi connectivity index (χ4n) is 2.92. The summed E-state index contributed by atoms with van der Waals surface area (Å²) in [7, 11) is 0. The topological polar surface area (TPSA) is 82.6 Å². The van der Waals surface area contributed by atoms with Crippen molar-refractivity contribution in [3.05, 3.63) is 72.6 Å². The van der Waals surface area contributed by atoms with Crippen LogP contribution in [0.1, 0.15) is 23.2 Å². The van der Waals surface area contributed by atoms with Crippen molar-refractivity contribution in [2.24, 2.45) is 0 Å². The van der Waals surface area contributed by atoms with Gasteiger partial charge in [-0.3, -0.25) is 4.79 Å². The lowest BCUT2D eigenvalue weighted by Crippen LogP contribution is -2.16. The molecule has 0 bridgehead atoms. The van der Waals surface area contributed by atoms with Crippen LogP contribution in [0.25, 0.3) is 0 Å². The highest BCUT2D eigenvalue weighted by molar-refractivity contribution is 6.04. The van der Waals surface area contributed by atoms with E-state index in [1.807, 2.05) is 0 Å². The lowest BCUT2D eigenvalue weighted by atomic mass is 10.2. The Hall–Kier alpha value is -3.45. The van der Waals surface area contributed by atoms with Crippen molar-refractivity contribution in [2.75, 3.05) is 18.5 Å². The fraction of sp³-hybridized carbons (Fsp3) is 0.227. The van der Waals surface area contributed by atoms with Gasteiger partial charge in [-0.15, -0.1) is 0 Å². The number of benzene rings is 2. The summed E-state index contributed by atoms with van der Waals surface area (Å²) in [6, 6.07) is 16.1. The predicted octanol–water partition coefficient (Wildman–Crippen LogP) is 4.08. The quantitative estimate of drug-likeness (QED) is 0.653. The van der Waals surface area contributed by atoms with E-state index < -0.39 is 0 Å². The molecule has 2 aromatic carbocycles. The number of aromatic nitrogens is 2. The molecule has 1 amide bonds. The van der Waals surface area contributed by atoms with Crippen LogP contribution in [0.2, 0.25) is 0 Å². The molecule has 2 heterocycles. The molecular weight excluding hydrogens is 370 g/mol. The maximum Gasteiger partial charge on any atom is 0.321 e. The first kappa shape index (κ1) is 18.9. The van der Waals surface area contributed by atoms with E-state index in [1.165, 1.54) is 0 Å². The molecule has 1 fully saturated rings. The number of anilines is 1. The molecule has 3 aromatic rings. The van der Waals surface area contributed by atoms with Gasteiger partial charge in [0.25, 0.3) is 5.91 Å². The molecule has 1 aliphatic rings. The molecule has 1 N–H and O–H groups in total. The average molecular weight is 391 g/mol. The first-order valence-corrected chi connectivity index (χ1v) is 9.47. The fourth-order valence-corrected chi connectivity index (χ4v) is 2.92. The molecule has 0 spiro atoms. The molecule has 1 saturated heterocycles. The third kappa shape index (κ3) is 5.30. The Morgan fingerprint density at radius 2 is 1.76 bits per heavy atom. The molecule has 0 unspecified atom stereocenters. The highest BCUT2D eigenvalue weighted by atomic mass is 16.5. The van der Waals surface area contributed by atoms with Crippen LogP contribution in [0.3, 0.4) is 0 Å². The number of nitrogens with zero attached hydrogens (tertiary/aromatic N) is 2. The summed E-state index contributed by atoms with van der Waals surface area (Å²) in [6.45, 7) is 1.34. The van der Waals surface area contributed by atoms with Crippen molar-refractivity contribution < 1.29 is 19.0 Å². The van der Waals surface area contributed by atoms with Crippen LogP contribution in [0.5, 0.6) is 17.5 Å². The lowest BCUT2D eigenvalue weighted by Gasteiger charge is -2.12. The van der Waals surface area contributed by atoms with E-state index in [9.17, 15) is 4.79 Å². The minimum absolute atomic E-state index is 0.165. The molecule has 1 atom stereocenters. The molecule has 1 aliphatic heterocycles. The Balaban J connectivity index is 1.30. The van der Waals surface area contributed by atoms with Gasteiger partial charge in [-0.05, 0) is 67.4 Å². The number of ether oxygens (including phenoxy) is 3. The molecule has 0 radical (unpaired) electrons. The zero-order valence-corrected chi connectivity index (χ0v) is 15.8. The summed E-state index contributed by atoms with van der Waals surface area (Å²) < 4.78 is 16.8. The Labute approximate surface area is 168 Å². The normalized spacial score (nSPS) is 15.7. The van der Waals surface area contributed by atoms with E-state index in [4.69, 9.17) is 14.2 Å². The number of rotatable bonds is 7. The van der Waals surface area contributed by atoms with Crippen LogP contribution >= 0.6 is 0 Å². The second-order valence-corrected chi connectivity index (χ2v) is 6.58. The zero-order valence-electron chi connectivity index (χ0n) is 15.8. The number of carbonyl (C=O) groups excluding carboxylic acids is 1. The monoisotopic (exact) mass is 391 g/mol. The zero-order chi connectivity index (χ0) is 19.9. The second kappa shape index (κ2) is 9.16. The van der Waals surface area contributed by atoms with E-state index in [0.717, 1.165) is 25.2 Å². The summed E-state index contributed by atoms with van der Waals surface area (Å²) in [6.07, 6.45) is 5.49. The van der Waals surface area contributed by atoms with Crippen molar-refractivity contribution in [1.82, 2.24) is 9.97 Å². The summed E-state index contributed by atoms with van der Waals surface area (Å²) in [5.74, 6) is 1.11. The van der Waals surface area contributed by atoms with Crippen LogP contribution in [0.4, 0.5) is 5.69 Å².